The minimum atomic E-state index is -4.72. The molecule has 1 amide bonds. The number of furan rings is 1. The Morgan fingerprint density at radius 1 is 1.03 bits per heavy atom. The van der Waals surface area contributed by atoms with E-state index >= 15 is 0 Å². The van der Waals surface area contributed by atoms with Crippen LogP contribution >= 0.6 is 0 Å². The Kier molecular flexibility index (Phi) is 8.81. The Morgan fingerprint density at radius 2 is 1.74 bits per heavy atom. The van der Waals surface area contributed by atoms with Crippen LogP contribution in [0.15, 0.2) is 40.8 Å². The lowest BCUT2D eigenvalue weighted by molar-refractivity contribution is -0.163. The largest absolute Gasteiger partial charge is 0.492 e. The fourth-order valence-corrected chi connectivity index (χ4v) is 3.97. The Balaban J connectivity index is 1.79. The Hall–Kier alpha value is -3.47. The summed E-state index contributed by atoms with van der Waals surface area (Å²) in [5, 5.41) is 15.5. The third-order valence-corrected chi connectivity index (χ3v) is 5.54. The quantitative estimate of drug-likeness (QED) is 0.264. The van der Waals surface area contributed by atoms with Crippen molar-refractivity contribution in [3.8, 4) is 5.75 Å². The number of rotatable bonds is 10. The molecule has 8 nitrogen and oxygen atoms in total. The number of benzene rings is 2. The number of fused-ring (bicyclic) bond motifs is 3. The lowest BCUT2D eigenvalue weighted by Crippen LogP contribution is -2.45. The Labute approximate surface area is 218 Å². The molecule has 1 heterocycles. The number of ether oxygens (including phenoxy) is 2. The average Bonchev–Trinajstić information content (AvgIpc) is 3.14. The molecule has 11 heteroatoms. The highest BCUT2D eigenvalue weighted by Gasteiger charge is 2.43. The summed E-state index contributed by atoms with van der Waals surface area (Å²) in [4.78, 5) is 23.3. The standard InChI is InChI=1S/C27H33F3N2O6/c1-15(2)12-20(24(33)34)32-23(27(28,29)30)16-6-8-18-19-14-17(7-9-21(19)37-22(18)13-16)36-11-10-31-25(35)38-26(3,4)5/h6-9,13-15,20,23,32H,10-12H2,1-5H3,(H,31,35)(H,33,34)/t20-,23-/m0/s1. The number of nitrogens with one attached hydrogen (secondary N) is 2. The van der Waals surface area contributed by atoms with Gasteiger partial charge in [-0.25, -0.2) is 4.79 Å². The van der Waals surface area contributed by atoms with E-state index in [0.717, 1.165) is 0 Å². The second-order valence-corrected chi connectivity index (χ2v) is 10.5. The molecule has 0 aliphatic rings. The van der Waals surface area contributed by atoms with Gasteiger partial charge in [0.05, 0.1) is 6.54 Å². The van der Waals surface area contributed by atoms with Gasteiger partial charge < -0.3 is 24.3 Å². The summed E-state index contributed by atoms with van der Waals surface area (Å²) in [5.74, 6) is -0.963. The highest BCUT2D eigenvalue weighted by molar-refractivity contribution is 6.05. The highest BCUT2D eigenvalue weighted by Crippen LogP contribution is 2.37. The van der Waals surface area contributed by atoms with Crippen molar-refractivity contribution in [1.29, 1.82) is 0 Å². The van der Waals surface area contributed by atoms with Gasteiger partial charge in [-0.1, -0.05) is 26.0 Å². The van der Waals surface area contributed by atoms with E-state index in [9.17, 15) is 27.9 Å². The molecule has 0 saturated heterocycles. The molecule has 2 aromatic carbocycles. The smallest absolute Gasteiger partial charge is 0.407 e. The molecule has 1 aromatic heterocycles. The molecule has 0 unspecified atom stereocenters. The van der Waals surface area contributed by atoms with Gasteiger partial charge in [0.25, 0.3) is 0 Å². The summed E-state index contributed by atoms with van der Waals surface area (Å²) in [6.45, 7) is 9.15. The lowest BCUT2D eigenvalue weighted by atomic mass is 9.99. The van der Waals surface area contributed by atoms with Gasteiger partial charge in [0.15, 0.2) is 0 Å². The lowest BCUT2D eigenvalue weighted by Gasteiger charge is -2.26. The number of halogens is 3. The van der Waals surface area contributed by atoms with Crippen LogP contribution < -0.4 is 15.4 Å². The van der Waals surface area contributed by atoms with Crippen molar-refractivity contribution in [1.82, 2.24) is 10.6 Å². The topological polar surface area (TPSA) is 110 Å². The molecular weight excluding hydrogens is 505 g/mol. The number of carbonyl (C=O) groups is 2. The number of carboxylic acid groups (broad SMARTS) is 1. The SMILES string of the molecule is CC(C)C[C@H](N[C@@H](c1ccc2c(c1)oc1ccc(OCCNC(=O)OC(C)(C)C)cc12)C(F)(F)F)C(=O)O. The summed E-state index contributed by atoms with van der Waals surface area (Å²) in [6, 6.07) is 5.57. The molecule has 0 bridgehead atoms. The van der Waals surface area contributed by atoms with Crippen molar-refractivity contribution in [2.24, 2.45) is 5.92 Å². The number of carboxylic acids is 1. The summed E-state index contributed by atoms with van der Waals surface area (Å²) < 4.78 is 58.5. The van der Waals surface area contributed by atoms with Crippen LogP contribution in [0.2, 0.25) is 0 Å². The molecule has 38 heavy (non-hydrogen) atoms. The number of alkyl halides is 3. The van der Waals surface area contributed by atoms with Crippen LogP contribution in [0.4, 0.5) is 18.0 Å². The molecule has 3 rings (SSSR count). The normalized spacial score (nSPS) is 14.0. The minimum Gasteiger partial charge on any atom is -0.492 e. The maximum absolute atomic E-state index is 14.0. The zero-order chi connectivity index (χ0) is 28.3. The first-order valence-electron chi connectivity index (χ1n) is 12.3. The van der Waals surface area contributed by atoms with Gasteiger partial charge in [0.2, 0.25) is 0 Å². The first-order valence-corrected chi connectivity index (χ1v) is 12.3. The zero-order valence-corrected chi connectivity index (χ0v) is 21.9. The molecule has 0 aliphatic heterocycles. The molecule has 3 N–H and O–H groups in total. The van der Waals surface area contributed by atoms with Gasteiger partial charge in [-0.15, -0.1) is 0 Å². The molecule has 0 saturated carbocycles. The first-order chi connectivity index (χ1) is 17.6. The van der Waals surface area contributed by atoms with Crippen molar-refractivity contribution in [2.75, 3.05) is 13.2 Å². The van der Waals surface area contributed by atoms with Crippen LogP contribution in [-0.2, 0) is 9.53 Å². The Bertz CT molecular complexity index is 1280. The highest BCUT2D eigenvalue weighted by atomic mass is 19.4. The monoisotopic (exact) mass is 538 g/mol. The van der Waals surface area contributed by atoms with Crippen molar-refractivity contribution in [2.45, 2.75) is 64.9 Å². The van der Waals surface area contributed by atoms with E-state index in [-0.39, 0.29) is 36.6 Å². The maximum atomic E-state index is 14.0. The predicted molar refractivity (Wildman–Crippen MR) is 136 cm³/mol. The number of hydrogen-bond acceptors (Lipinski definition) is 6. The molecule has 2 atom stereocenters. The predicted octanol–water partition coefficient (Wildman–Crippen LogP) is 6.18. The van der Waals surface area contributed by atoms with Crippen LogP contribution in [-0.4, -0.2) is 48.1 Å². The fourth-order valence-electron chi connectivity index (χ4n) is 3.97. The summed E-state index contributed by atoms with van der Waals surface area (Å²) in [5.41, 5.74) is -0.0756. The van der Waals surface area contributed by atoms with Gasteiger partial charge >= 0.3 is 18.2 Å². The summed E-state index contributed by atoms with van der Waals surface area (Å²) in [6.07, 6.45) is -5.23. The van der Waals surface area contributed by atoms with Crippen LogP contribution in [0.3, 0.4) is 0 Å². The van der Waals surface area contributed by atoms with E-state index < -0.39 is 35.9 Å². The minimum absolute atomic E-state index is 0.0465. The summed E-state index contributed by atoms with van der Waals surface area (Å²) in [7, 11) is 0. The molecule has 0 radical (unpaired) electrons. The van der Waals surface area contributed by atoms with Crippen LogP contribution in [0, 0.1) is 5.92 Å². The maximum Gasteiger partial charge on any atom is 0.407 e. The van der Waals surface area contributed by atoms with E-state index in [4.69, 9.17) is 13.9 Å². The van der Waals surface area contributed by atoms with Crippen molar-refractivity contribution in [3.63, 3.8) is 0 Å². The van der Waals surface area contributed by atoms with Crippen LogP contribution in [0.25, 0.3) is 21.9 Å². The van der Waals surface area contributed by atoms with Crippen molar-refractivity contribution >= 4 is 34.0 Å². The summed E-state index contributed by atoms with van der Waals surface area (Å²) >= 11 is 0. The molecule has 0 fully saturated rings. The molecule has 0 spiro atoms. The number of alkyl carbamates (subject to hydrolysis) is 1. The van der Waals surface area contributed by atoms with E-state index in [1.54, 1.807) is 52.8 Å². The van der Waals surface area contributed by atoms with E-state index in [1.807, 2.05) is 0 Å². The molecule has 3 aromatic rings. The molecular formula is C27H33F3N2O6. The third-order valence-electron chi connectivity index (χ3n) is 5.54. The third kappa shape index (κ3) is 7.77. The zero-order valence-electron chi connectivity index (χ0n) is 21.9. The second kappa shape index (κ2) is 11.5. The molecule has 208 valence electrons. The van der Waals surface area contributed by atoms with Gasteiger partial charge in [0, 0.05) is 10.8 Å². The average molecular weight is 539 g/mol. The number of hydrogen-bond donors (Lipinski definition) is 3. The number of aliphatic carboxylic acids is 1. The van der Waals surface area contributed by atoms with E-state index in [2.05, 4.69) is 10.6 Å². The van der Waals surface area contributed by atoms with E-state index in [1.165, 1.54) is 18.2 Å². The van der Waals surface area contributed by atoms with Crippen LogP contribution in [0.1, 0.15) is 52.6 Å². The Morgan fingerprint density at radius 3 is 2.34 bits per heavy atom. The van der Waals surface area contributed by atoms with Crippen molar-refractivity contribution < 1.29 is 41.8 Å². The molecule has 0 aliphatic carbocycles. The van der Waals surface area contributed by atoms with Gasteiger partial charge in [0.1, 0.15) is 41.2 Å². The van der Waals surface area contributed by atoms with Gasteiger partial charge in [-0.05, 0) is 62.9 Å². The number of carbonyl (C=O) groups excluding carboxylic acids is 1. The number of amides is 1. The van der Waals surface area contributed by atoms with Crippen molar-refractivity contribution in [3.05, 3.63) is 42.0 Å². The first kappa shape index (κ1) is 29.1. The fraction of sp³-hybridized carbons (Fsp3) is 0.481. The van der Waals surface area contributed by atoms with E-state index in [0.29, 0.717) is 22.1 Å². The van der Waals surface area contributed by atoms with Gasteiger partial charge in [-0.3, -0.25) is 10.1 Å². The van der Waals surface area contributed by atoms with Gasteiger partial charge in [-0.2, -0.15) is 13.2 Å². The second-order valence-electron chi connectivity index (χ2n) is 10.5. The van der Waals surface area contributed by atoms with Crippen LogP contribution in [0.5, 0.6) is 5.75 Å².